The highest BCUT2D eigenvalue weighted by molar-refractivity contribution is 5.86. The number of hydrogen-bond donors (Lipinski definition) is 2. The first kappa shape index (κ1) is 7.58. The summed E-state index contributed by atoms with van der Waals surface area (Å²) in [5, 5.41) is 11.5. The average molecular weight is 169 g/mol. The first-order chi connectivity index (χ1) is 5.68. The summed E-state index contributed by atoms with van der Waals surface area (Å²) in [5.41, 5.74) is 0. The number of rotatable bonds is 1. The molecule has 2 rings (SSSR count). The van der Waals surface area contributed by atoms with E-state index >= 15 is 0 Å². The van der Waals surface area contributed by atoms with Crippen LogP contribution in [0.4, 0.5) is 0 Å². The van der Waals surface area contributed by atoms with Crippen molar-refractivity contribution in [1.29, 1.82) is 0 Å². The first-order valence-corrected chi connectivity index (χ1v) is 4.19. The van der Waals surface area contributed by atoms with Gasteiger partial charge in [0, 0.05) is 6.54 Å². The molecule has 0 spiro atoms. The van der Waals surface area contributed by atoms with E-state index in [1.807, 2.05) is 0 Å². The highest BCUT2D eigenvalue weighted by Gasteiger charge is 2.45. The second-order valence-corrected chi connectivity index (χ2v) is 3.63. The fraction of sp³-hybridized carbons (Fsp3) is 0.750. The van der Waals surface area contributed by atoms with Gasteiger partial charge in [-0.2, -0.15) is 0 Å². The van der Waals surface area contributed by atoms with Crippen LogP contribution in [-0.2, 0) is 9.59 Å². The topological polar surface area (TPSA) is 66.4 Å². The molecule has 1 aliphatic heterocycles. The molecule has 0 unspecified atom stereocenters. The summed E-state index contributed by atoms with van der Waals surface area (Å²) < 4.78 is 0. The lowest BCUT2D eigenvalue weighted by molar-refractivity contribution is -0.145. The Balaban J connectivity index is 2.19. The Morgan fingerprint density at radius 2 is 2.25 bits per heavy atom. The maximum atomic E-state index is 11.2. The van der Waals surface area contributed by atoms with Crippen LogP contribution < -0.4 is 5.32 Å². The summed E-state index contributed by atoms with van der Waals surface area (Å²) in [6.45, 7) is 0.666. The molecule has 1 aliphatic carbocycles. The predicted octanol–water partition coefficient (Wildman–Crippen LogP) is -0.157. The average Bonchev–Trinajstić information content (AvgIpc) is 2.37. The Labute approximate surface area is 69.9 Å². The van der Waals surface area contributed by atoms with Crippen molar-refractivity contribution in [3.8, 4) is 0 Å². The van der Waals surface area contributed by atoms with Crippen LogP contribution in [0.1, 0.15) is 12.8 Å². The van der Waals surface area contributed by atoms with Crippen molar-refractivity contribution in [3.05, 3.63) is 0 Å². The number of amides is 1. The molecule has 1 amide bonds. The van der Waals surface area contributed by atoms with Gasteiger partial charge in [-0.25, -0.2) is 0 Å². The van der Waals surface area contributed by atoms with Gasteiger partial charge in [0.25, 0.3) is 0 Å². The molecular formula is C8H11NO3. The summed E-state index contributed by atoms with van der Waals surface area (Å²) >= 11 is 0. The van der Waals surface area contributed by atoms with Crippen molar-refractivity contribution in [2.45, 2.75) is 12.8 Å². The molecule has 1 saturated heterocycles. The number of carboxylic acid groups (broad SMARTS) is 1. The molecule has 0 aromatic heterocycles. The Hall–Kier alpha value is -1.06. The van der Waals surface area contributed by atoms with Gasteiger partial charge in [0.1, 0.15) is 0 Å². The van der Waals surface area contributed by atoms with E-state index in [1.165, 1.54) is 0 Å². The molecular weight excluding hydrogens is 158 g/mol. The summed E-state index contributed by atoms with van der Waals surface area (Å²) in [5.74, 6) is -1.19. The van der Waals surface area contributed by atoms with Crippen molar-refractivity contribution in [2.75, 3.05) is 6.54 Å². The molecule has 4 heteroatoms. The summed E-state index contributed by atoms with van der Waals surface area (Å²) in [4.78, 5) is 21.9. The summed E-state index contributed by atoms with van der Waals surface area (Å²) in [6, 6.07) is 0. The van der Waals surface area contributed by atoms with Gasteiger partial charge in [-0.1, -0.05) is 0 Å². The molecule has 0 aromatic rings. The van der Waals surface area contributed by atoms with Crippen molar-refractivity contribution < 1.29 is 14.7 Å². The van der Waals surface area contributed by atoms with Gasteiger partial charge >= 0.3 is 5.97 Å². The number of carboxylic acids is 1. The van der Waals surface area contributed by atoms with Crippen molar-refractivity contribution in [2.24, 2.45) is 17.8 Å². The standard InChI is InChI=1S/C8H11NO3/c10-7-5-1-4(3-9-7)2-6(5)8(11)12/h4-6H,1-3H2,(H,9,10)(H,11,12)/t4-,5-,6-/m0/s1. The second kappa shape index (κ2) is 2.47. The fourth-order valence-electron chi connectivity index (χ4n) is 2.25. The highest BCUT2D eigenvalue weighted by Crippen LogP contribution is 2.38. The Kier molecular flexibility index (Phi) is 1.56. The zero-order valence-corrected chi connectivity index (χ0v) is 6.62. The lowest BCUT2D eigenvalue weighted by Crippen LogP contribution is -2.39. The lowest BCUT2D eigenvalue weighted by Gasteiger charge is -2.19. The first-order valence-electron chi connectivity index (χ1n) is 4.19. The SMILES string of the molecule is O=C(O)[C@H]1C[C@H]2CNC(=O)[C@H]1C2. The Morgan fingerprint density at radius 3 is 2.92 bits per heavy atom. The molecule has 0 radical (unpaired) electrons. The van der Waals surface area contributed by atoms with Gasteiger partial charge in [-0.05, 0) is 18.8 Å². The van der Waals surface area contributed by atoms with Crippen LogP contribution in [0.5, 0.6) is 0 Å². The molecule has 2 N–H and O–H groups in total. The minimum atomic E-state index is -0.820. The minimum absolute atomic E-state index is 0.0730. The van der Waals surface area contributed by atoms with Gasteiger partial charge in [-0.15, -0.1) is 0 Å². The van der Waals surface area contributed by atoms with Gasteiger partial charge < -0.3 is 10.4 Å². The number of carbonyl (C=O) groups is 2. The van der Waals surface area contributed by atoms with Crippen molar-refractivity contribution in [3.63, 3.8) is 0 Å². The fourth-order valence-corrected chi connectivity index (χ4v) is 2.25. The largest absolute Gasteiger partial charge is 0.481 e. The molecule has 0 aromatic carbocycles. The molecule has 2 aliphatic rings. The number of nitrogens with one attached hydrogen (secondary N) is 1. The van der Waals surface area contributed by atoms with E-state index in [9.17, 15) is 9.59 Å². The summed E-state index contributed by atoms with van der Waals surface area (Å²) in [7, 11) is 0. The normalized spacial score (nSPS) is 39.3. The van der Waals surface area contributed by atoms with E-state index in [2.05, 4.69) is 5.32 Å². The smallest absolute Gasteiger partial charge is 0.307 e. The molecule has 4 nitrogen and oxygen atoms in total. The molecule has 1 heterocycles. The molecule has 1 saturated carbocycles. The van der Waals surface area contributed by atoms with Crippen molar-refractivity contribution in [1.82, 2.24) is 5.32 Å². The van der Waals surface area contributed by atoms with E-state index in [-0.39, 0.29) is 11.8 Å². The number of fused-ring (bicyclic) bond motifs is 2. The maximum Gasteiger partial charge on any atom is 0.307 e. The van der Waals surface area contributed by atoms with E-state index in [4.69, 9.17) is 5.11 Å². The summed E-state index contributed by atoms with van der Waals surface area (Å²) in [6.07, 6.45) is 1.43. The molecule has 66 valence electrons. The van der Waals surface area contributed by atoms with Gasteiger partial charge in [0.2, 0.25) is 5.91 Å². The third-order valence-electron chi connectivity index (χ3n) is 2.88. The third kappa shape index (κ3) is 0.983. The predicted molar refractivity (Wildman–Crippen MR) is 40.3 cm³/mol. The van der Waals surface area contributed by atoms with Crippen LogP contribution in [0.15, 0.2) is 0 Å². The Morgan fingerprint density at radius 1 is 1.50 bits per heavy atom. The van der Waals surface area contributed by atoms with E-state index in [1.54, 1.807) is 0 Å². The van der Waals surface area contributed by atoms with Crippen LogP contribution in [0.2, 0.25) is 0 Å². The molecule has 12 heavy (non-hydrogen) atoms. The van der Waals surface area contributed by atoms with Crippen LogP contribution in [0, 0.1) is 17.8 Å². The van der Waals surface area contributed by atoms with Crippen LogP contribution in [0.3, 0.4) is 0 Å². The minimum Gasteiger partial charge on any atom is -0.481 e. The van der Waals surface area contributed by atoms with E-state index in [0.717, 1.165) is 6.42 Å². The quantitative estimate of drug-likeness (QED) is 0.573. The van der Waals surface area contributed by atoms with Crippen molar-refractivity contribution >= 4 is 11.9 Å². The molecule has 2 fully saturated rings. The zero-order chi connectivity index (χ0) is 8.72. The van der Waals surface area contributed by atoms with Crippen LogP contribution in [0.25, 0.3) is 0 Å². The lowest BCUT2D eigenvalue weighted by atomic mass is 9.95. The van der Waals surface area contributed by atoms with Gasteiger partial charge in [0.15, 0.2) is 0 Å². The third-order valence-corrected chi connectivity index (χ3v) is 2.88. The van der Waals surface area contributed by atoms with Gasteiger partial charge in [0.05, 0.1) is 11.8 Å². The van der Waals surface area contributed by atoms with Gasteiger partial charge in [-0.3, -0.25) is 9.59 Å². The number of piperidine rings is 1. The zero-order valence-electron chi connectivity index (χ0n) is 6.62. The molecule has 3 atom stereocenters. The monoisotopic (exact) mass is 169 g/mol. The second-order valence-electron chi connectivity index (χ2n) is 3.63. The van der Waals surface area contributed by atoms with E-state index in [0.29, 0.717) is 18.9 Å². The van der Waals surface area contributed by atoms with E-state index < -0.39 is 11.9 Å². The van der Waals surface area contributed by atoms with Crippen LogP contribution in [-0.4, -0.2) is 23.5 Å². The number of carbonyl (C=O) groups excluding carboxylic acids is 1. The van der Waals surface area contributed by atoms with Crippen LogP contribution >= 0.6 is 0 Å². The molecule has 2 bridgehead atoms. The number of hydrogen-bond acceptors (Lipinski definition) is 2. The highest BCUT2D eigenvalue weighted by atomic mass is 16.4. The maximum absolute atomic E-state index is 11.2. The number of aliphatic carboxylic acids is 1. The Bertz CT molecular complexity index is 238.